The highest BCUT2D eigenvalue weighted by atomic mass is 32.2. The van der Waals surface area contributed by atoms with Gasteiger partial charge >= 0.3 is 0 Å². The number of hydrogen-bond acceptors (Lipinski definition) is 4. The summed E-state index contributed by atoms with van der Waals surface area (Å²) in [6.45, 7) is 0.605. The normalized spacial score (nSPS) is 15.5. The number of nitrogens with one attached hydrogen (secondary N) is 2. The summed E-state index contributed by atoms with van der Waals surface area (Å²) in [5.74, 6) is -0.580. The van der Waals surface area contributed by atoms with Crippen molar-refractivity contribution >= 4 is 21.6 Å². The zero-order valence-corrected chi connectivity index (χ0v) is 11.3. The maximum Gasteiger partial charge on any atom is 0.266 e. The lowest BCUT2D eigenvalue weighted by Crippen LogP contribution is -2.20. The fraction of sp³-hybridized carbons (Fsp3) is 0.0714. The van der Waals surface area contributed by atoms with Crippen molar-refractivity contribution in [3.63, 3.8) is 0 Å². The molecule has 6 heteroatoms. The summed E-state index contributed by atoms with van der Waals surface area (Å²) < 4.78 is 25.2. The van der Waals surface area contributed by atoms with Gasteiger partial charge in [0.1, 0.15) is 4.90 Å². The quantitative estimate of drug-likeness (QED) is 0.902. The summed E-state index contributed by atoms with van der Waals surface area (Å²) in [7, 11) is -3.67. The van der Waals surface area contributed by atoms with Gasteiger partial charge in [-0.25, -0.2) is 13.1 Å². The van der Waals surface area contributed by atoms with Crippen LogP contribution in [0.1, 0.15) is 15.9 Å². The second kappa shape index (κ2) is 4.64. The summed E-state index contributed by atoms with van der Waals surface area (Å²) in [5, 5.41) is 3.16. The first-order chi connectivity index (χ1) is 9.56. The van der Waals surface area contributed by atoms with Crippen LogP contribution in [0.5, 0.6) is 0 Å². The van der Waals surface area contributed by atoms with Crippen LogP contribution in [-0.4, -0.2) is 14.3 Å². The van der Waals surface area contributed by atoms with Gasteiger partial charge in [-0.05, 0) is 23.8 Å². The molecule has 3 rings (SSSR count). The van der Waals surface area contributed by atoms with Crippen LogP contribution < -0.4 is 10.0 Å². The topological polar surface area (TPSA) is 75.3 Å². The average molecular weight is 288 g/mol. The van der Waals surface area contributed by atoms with Crippen molar-refractivity contribution < 1.29 is 13.2 Å². The van der Waals surface area contributed by atoms with Crippen molar-refractivity contribution in [3.05, 3.63) is 59.7 Å². The van der Waals surface area contributed by atoms with Crippen molar-refractivity contribution in [1.29, 1.82) is 0 Å². The molecule has 0 unspecified atom stereocenters. The maximum atomic E-state index is 11.6. The first kappa shape index (κ1) is 12.7. The predicted molar refractivity (Wildman–Crippen MR) is 74.9 cm³/mol. The third-order valence-corrected chi connectivity index (χ3v) is 4.47. The third kappa shape index (κ3) is 2.25. The van der Waals surface area contributed by atoms with E-state index in [1.54, 1.807) is 12.1 Å². The number of carbonyl (C=O) groups is 1. The molecule has 0 aliphatic carbocycles. The van der Waals surface area contributed by atoms with Gasteiger partial charge in [0.15, 0.2) is 0 Å². The summed E-state index contributed by atoms with van der Waals surface area (Å²) >= 11 is 0. The highest BCUT2D eigenvalue weighted by Crippen LogP contribution is 2.25. The zero-order valence-electron chi connectivity index (χ0n) is 10.5. The Morgan fingerprint density at radius 2 is 1.80 bits per heavy atom. The SMILES string of the molecule is O=C1NS(=O)(=O)c2ccc(NCc3ccccc3)cc21. The van der Waals surface area contributed by atoms with Crippen LogP contribution in [0.2, 0.25) is 0 Å². The van der Waals surface area contributed by atoms with Crippen molar-refractivity contribution in [3.8, 4) is 0 Å². The maximum absolute atomic E-state index is 11.6. The fourth-order valence-electron chi connectivity index (χ4n) is 2.08. The minimum atomic E-state index is -3.67. The smallest absolute Gasteiger partial charge is 0.266 e. The van der Waals surface area contributed by atoms with Crippen LogP contribution in [0.4, 0.5) is 5.69 Å². The molecular formula is C14H12N2O3S. The van der Waals surface area contributed by atoms with Gasteiger partial charge in [-0.3, -0.25) is 4.79 Å². The molecule has 1 aliphatic heterocycles. The van der Waals surface area contributed by atoms with Gasteiger partial charge in [0.05, 0.1) is 5.56 Å². The van der Waals surface area contributed by atoms with Crippen molar-refractivity contribution in [2.24, 2.45) is 0 Å². The lowest BCUT2D eigenvalue weighted by molar-refractivity contribution is 0.0985. The Morgan fingerprint density at radius 3 is 2.55 bits per heavy atom. The molecule has 0 bridgehead atoms. The number of fused-ring (bicyclic) bond motifs is 1. The van der Waals surface area contributed by atoms with E-state index in [4.69, 9.17) is 0 Å². The van der Waals surface area contributed by atoms with Gasteiger partial charge in [-0.1, -0.05) is 30.3 Å². The molecule has 1 amide bonds. The first-order valence-corrected chi connectivity index (χ1v) is 7.53. The Labute approximate surface area is 116 Å². The van der Waals surface area contributed by atoms with Gasteiger partial charge in [-0.15, -0.1) is 0 Å². The summed E-state index contributed by atoms with van der Waals surface area (Å²) in [6, 6.07) is 14.4. The van der Waals surface area contributed by atoms with Gasteiger partial charge in [-0.2, -0.15) is 0 Å². The van der Waals surface area contributed by atoms with Crippen LogP contribution in [0, 0.1) is 0 Å². The fourth-order valence-corrected chi connectivity index (χ4v) is 3.24. The van der Waals surface area contributed by atoms with E-state index in [9.17, 15) is 13.2 Å². The number of amides is 1. The Bertz CT molecular complexity index is 770. The van der Waals surface area contributed by atoms with E-state index < -0.39 is 15.9 Å². The van der Waals surface area contributed by atoms with E-state index in [-0.39, 0.29) is 10.5 Å². The molecule has 0 atom stereocenters. The summed E-state index contributed by atoms with van der Waals surface area (Å²) in [6.07, 6.45) is 0. The van der Waals surface area contributed by atoms with E-state index in [1.165, 1.54) is 6.07 Å². The summed E-state index contributed by atoms with van der Waals surface area (Å²) in [4.78, 5) is 11.6. The number of sulfonamides is 1. The van der Waals surface area contributed by atoms with E-state index in [0.717, 1.165) is 5.56 Å². The lowest BCUT2D eigenvalue weighted by Gasteiger charge is -2.07. The van der Waals surface area contributed by atoms with Gasteiger partial charge in [0.2, 0.25) is 0 Å². The Morgan fingerprint density at radius 1 is 1.05 bits per heavy atom. The average Bonchev–Trinajstić information content (AvgIpc) is 2.67. The molecule has 1 aliphatic rings. The second-order valence-corrected chi connectivity index (χ2v) is 6.14. The van der Waals surface area contributed by atoms with Crippen LogP contribution in [0.25, 0.3) is 0 Å². The molecule has 2 N–H and O–H groups in total. The molecular weight excluding hydrogens is 276 g/mol. The highest BCUT2D eigenvalue weighted by Gasteiger charge is 2.32. The number of carbonyl (C=O) groups excluding carboxylic acids is 1. The van der Waals surface area contributed by atoms with E-state index in [1.807, 2.05) is 35.1 Å². The lowest BCUT2D eigenvalue weighted by atomic mass is 10.1. The Balaban J connectivity index is 1.84. The molecule has 2 aromatic rings. The molecule has 20 heavy (non-hydrogen) atoms. The minimum Gasteiger partial charge on any atom is -0.381 e. The molecule has 102 valence electrons. The molecule has 5 nitrogen and oxygen atoms in total. The highest BCUT2D eigenvalue weighted by molar-refractivity contribution is 7.90. The molecule has 0 spiro atoms. The molecule has 2 aromatic carbocycles. The van der Waals surface area contributed by atoms with Crippen molar-refractivity contribution in [1.82, 2.24) is 4.72 Å². The van der Waals surface area contributed by atoms with Crippen LogP contribution in [-0.2, 0) is 16.6 Å². The van der Waals surface area contributed by atoms with Gasteiger partial charge < -0.3 is 5.32 Å². The van der Waals surface area contributed by atoms with Crippen LogP contribution in [0.15, 0.2) is 53.4 Å². The predicted octanol–water partition coefficient (Wildman–Crippen LogP) is 1.73. The second-order valence-electron chi connectivity index (χ2n) is 4.48. The van der Waals surface area contributed by atoms with Crippen LogP contribution >= 0.6 is 0 Å². The van der Waals surface area contributed by atoms with Crippen molar-refractivity contribution in [2.75, 3.05) is 5.32 Å². The number of anilines is 1. The zero-order chi connectivity index (χ0) is 14.2. The largest absolute Gasteiger partial charge is 0.381 e. The molecule has 0 fully saturated rings. The first-order valence-electron chi connectivity index (χ1n) is 6.05. The van der Waals surface area contributed by atoms with Gasteiger partial charge in [0, 0.05) is 12.2 Å². The molecule has 0 saturated carbocycles. The molecule has 1 heterocycles. The van der Waals surface area contributed by atoms with E-state index in [0.29, 0.717) is 12.2 Å². The summed E-state index contributed by atoms with van der Waals surface area (Å²) in [5.41, 5.74) is 1.99. The monoisotopic (exact) mass is 288 g/mol. The molecule has 0 saturated heterocycles. The number of hydrogen-bond donors (Lipinski definition) is 2. The standard InChI is InChI=1S/C14H12N2O3S/c17-14-12-8-11(6-7-13(12)20(18,19)16-14)15-9-10-4-2-1-3-5-10/h1-8,15H,9H2,(H,16,17). The van der Waals surface area contributed by atoms with Gasteiger partial charge in [0.25, 0.3) is 15.9 Å². The third-order valence-electron chi connectivity index (χ3n) is 3.08. The number of benzene rings is 2. The number of rotatable bonds is 3. The van der Waals surface area contributed by atoms with E-state index in [2.05, 4.69) is 5.32 Å². The van der Waals surface area contributed by atoms with Crippen LogP contribution in [0.3, 0.4) is 0 Å². The molecule has 0 radical (unpaired) electrons. The minimum absolute atomic E-state index is 0.0350. The Kier molecular flexibility index (Phi) is 2.94. The Hall–Kier alpha value is -2.34. The molecule has 0 aromatic heterocycles. The van der Waals surface area contributed by atoms with Crippen molar-refractivity contribution in [2.45, 2.75) is 11.4 Å². The van der Waals surface area contributed by atoms with E-state index >= 15 is 0 Å².